The van der Waals surface area contributed by atoms with Crippen LogP contribution in [0, 0.1) is 0 Å². The van der Waals surface area contributed by atoms with Crippen LogP contribution in [0.2, 0.25) is 0 Å². The van der Waals surface area contributed by atoms with Crippen LogP contribution in [0.4, 0.5) is 0 Å². The van der Waals surface area contributed by atoms with Gasteiger partial charge in [0, 0.05) is 0 Å². The molecule has 1 aromatic carbocycles. The quantitative estimate of drug-likeness (QED) is 0.730. The fraction of sp³-hybridized carbons (Fsp3) is 0.667. The minimum Gasteiger partial charge on any atom is -0.507 e. The molecular formula is C18H28O. The second-order valence-electron chi connectivity index (χ2n) is 8.09. The maximum Gasteiger partial charge on any atom is 0.123 e. The highest BCUT2D eigenvalue weighted by atomic mass is 16.3. The second kappa shape index (κ2) is 4.54. The molecule has 0 bridgehead atoms. The van der Waals surface area contributed by atoms with E-state index in [2.05, 4.69) is 53.7 Å². The molecule has 0 amide bonds. The van der Waals surface area contributed by atoms with E-state index in [1.165, 1.54) is 24.8 Å². The average Bonchev–Trinajstić information content (AvgIpc) is 2.13. The van der Waals surface area contributed by atoms with Crippen LogP contribution in [0.15, 0.2) is 12.1 Å². The van der Waals surface area contributed by atoms with Crippen molar-refractivity contribution in [3.8, 4) is 5.75 Å². The smallest absolute Gasteiger partial charge is 0.123 e. The zero-order valence-corrected chi connectivity index (χ0v) is 13.3. The third kappa shape index (κ3) is 2.80. The minimum atomic E-state index is -0.0101. The van der Waals surface area contributed by atoms with E-state index in [1.807, 2.05) is 0 Å². The van der Waals surface area contributed by atoms with Crippen molar-refractivity contribution in [2.45, 2.75) is 77.6 Å². The summed E-state index contributed by atoms with van der Waals surface area (Å²) in [5.74, 6) is 1.21. The Kier molecular flexibility index (Phi) is 3.45. The van der Waals surface area contributed by atoms with E-state index < -0.39 is 0 Å². The van der Waals surface area contributed by atoms with Crippen molar-refractivity contribution in [2.75, 3.05) is 0 Å². The topological polar surface area (TPSA) is 20.2 Å². The second-order valence-corrected chi connectivity index (χ2v) is 8.09. The molecule has 0 spiro atoms. The Morgan fingerprint density at radius 3 is 1.58 bits per heavy atom. The maximum atomic E-state index is 10.7. The predicted molar refractivity (Wildman–Crippen MR) is 82.1 cm³/mol. The lowest BCUT2D eigenvalue weighted by Gasteiger charge is -2.32. The summed E-state index contributed by atoms with van der Waals surface area (Å²) < 4.78 is 0. The highest BCUT2D eigenvalue weighted by molar-refractivity contribution is 5.50. The van der Waals surface area contributed by atoms with Gasteiger partial charge in [-0.2, -0.15) is 0 Å². The molecule has 19 heavy (non-hydrogen) atoms. The van der Waals surface area contributed by atoms with Crippen LogP contribution in [0.1, 0.15) is 83.4 Å². The van der Waals surface area contributed by atoms with Gasteiger partial charge in [0.25, 0.3) is 0 Å². The zero-order chi connectivity index (χ0) is 14.4. The monoisotopic (exact) mass is 260 g/mol. The first kappa shape index (κ1) is 14.4. The van der Waals surface area contributed by atoms with E-state index in [4.69, 9.17) is 0 Å². The Morgan fingerprint density at radius 2 is 1.32 bits per heavy atom. The molecule has 1 N–H and O–H groups in total. The third-order valence-corrected chi connectivity index (χ3v) is 4.32. The van der Waals surface area contributed by atoms with Crippen LogP contribution < -0.4 is 0 Å². The SMILES string of the molecule is CC(C)(C)c1cc(C2CCC2)cc(C(C)(C)C)c1O. The normalized spacial score (nSPS) is 17.4. The summed E-state index contributed by atoms with van der Waals surface area (Å²) in [6, 6.07) is 4.49. The standard InChI is InChI=1S/C18H28O/c1-17(2,3)14-10-13(12-8-7-9-12)11-15(16(14)19)18(4,5)6/h10-12,19H,7-9H2,1-6H3. The molecule has 0 saturated heterocycles. The van der Waals surface area contributed by atoms with E-state index in [0.29, 0.717) is 11.7 Å². The predicted octanol–water partition coefficient (Wildman–Crippen LogP) is 5.25. The number of benzene rings is 1. The Bertz CT molecular complexity index is 432. The van der Waals surface area contributed by atoms with Crippen molar-refractivity contribution in [2.24, 2.45) is 0 Å². The minimum absolute atomic E-state index is 0.0101. The Balaban J connectivity index is 2.60. The average molecular weight is 260 g/mol. The number of rotatable bonds is 1. The maximum absolute atomic E-state index is 10.7. The van der Waals surface area contributed by atoms with Crippen molar-refractivity contribution in [1.29, 1.82) is 0 Å². The van der Waals surface area contributed by atoms with Crippen molar-refractivity contribution in [1.82, 2.24) is 0 Å². The van der Waals surface area contributed by atoms with Crippen LogP contribution in [0.3, 0.4) is 0 Å². The Hall–Kier alpha value is -0.980. The molecule has 0 atom stereocenters. The van der Waals surface area contributed by atoms with Crippen molar-refractivity contribution < 1.29 is 5.11 Å². The number of hydrogen-bond donors (Lipinski definition) is 1. The van der Waals surface area contributed by atoms with E-state index in [0.717, 1.165) is 11.1 Å². The lowest BCUT2D eigenvalue weighted by atomic mass is 9.73. The van der Waals surface area contributed by atoms with Gasteiger partial charge < -0.3 is 5.11 Å². The summed E-state index contributed by atoms with van der Waals surface area (Å²) in [7, 11) is 0. The van der Waals surface area contributed by atoms with Gasteiger partial charge in [0.2, 0.25) is 0 Å². The fourth-order valence-electron chi connectivity index (χ4n) is 2.78. The zero-order valence-electron chi connectivity index (χ0n) is 13.3. The van der Waals surface area contributed by atoms with Crippen LogP contribution in [-0.4, -0.2) is 5.11 Å². The largest absolute Gasteiger partial charge is 0.507 e. The highest BCUT2D eigenvalue weighted by Crippen LogP contribution is 2.44. The number of phenolic OH excluding ortho intramolecular Hbond substituents is 1. The van der Waals surface area contributed by atoms with Gasteiger partial charge in [-0.3, -0.25) is 0 Å². The van der Waals surface area contributed by atoms with Crippen molar-refractivity contribution in [3.05, 3.63) is 28.8 Å². The summed E-state index contributed by atoms with van der Waals surface area (Å²) in [5.41, 5.74) is 3.61. The van der Waals surface area contributed by atoms with Crippen LogP contribution in [-0.2, 0) is 10.8 Å². The number of hydrogen-bond acceptors (Lipinski definition) is 1. The highest BCUT2D eigenvalue weighted by Gasteiger charge is 2.29. The van der Waals surface area contributed by atoms with Crippen molar-refractivity contribution >= 4 is 0 Å². The first-order valence-electron chi connectivity index (χ1n) is 7.48. The summed E-state index contributed by atoms with van der Waals surface area (Å²) in [4.78, 5) is 0. The molecule has 1 heteroatoms. The number of phenols is 1. The van der Waals surface area contributed by atoms with Crippen molar-refractivity contribution in [3.63, 3.8) is 0 Å². The van der Waals surface area contributed by atoms with E-state index in [1.54, 1.807) is 0 Å². The van der Waals surface area contributed by atoms with Gasteiger partial charge in [-0.25, -0.2) is 0 Å². The molecule has 1 nitrogen and oxygen atoms in total. The van der Waals surface area contributed by atoms with Gasteiger partial charge in [-0.15, -0.1) is 0 Å². The number of aromatic hydroxyl groups is 1. The molecule has 0 aromatic heterocycles. The molecule has 1 saturated carbocycles. The van der Waals surface area contributed by atoms with Gasteiger partial charge in [-0.1, -0.05) is 60.1 Å². The molecule has 1 aliphatic carbocycles. The summed E-state index contributed by atoms with van der Waals surface area (Å²) in [6.45, 7) is 13.1. The van der Waals surface area contributed by atoms with Crippen LogP contribution in [0.5, 0.6) is 5.75 Å². The van der Waals surface area contributed by atoms with E-state index in [-0.39, 0.29) is 10.8 Å². The molecule has 0 radical (unpaired) electrons. The molecule has 0 heterocycles. The first-order chi connectivity index (χ1) is 8.60. The van der Waals surface area contributed by atoms with Crippen LogP contribution >= 0.6 is 0 Å². The third-order valence-electron chi connectivity index (χ3n) is 4.32. The molecule has 1 fully saturated rings. The molecule has 0 aliphatic heterocycles. The fourth-order valence-corrected chi connectivity index (χ4v) is 2.78. The molecule has 0 unspecified atom stereocenters. The molecule has 1 aliphatic rings. The van der Waals surface area contributed by atoms with Crippen LogP contribution in [0.25, 0.3) is 0 Å². The summed E-state index contributed by atoms with van der Waals surface area (Å²) in [5, 5.41) is 10.7. The molecule has 2 rings (SSSR count). The van der Waals surface area contributed by atoms with Gasteiger partial charge >= 0.3 is 0 Å². The summed E-state index contributed by atoms with van der Waals surface area (Å²) in [6.07, 6.45) is 3.96. The van der Waals surface area contributed by atoms with Gasteiger partial charge in [0.1, 0.15) is 5.75 Å². The van der Waals surface area contributed by atoms with Gasteiger partial charge in [-0.05, 0) is 46.3 Å². The summed E-state index contributed by atoms with van der Waals surface area (Å²) >= 11 is 0. The Labute approximate surface area is 118 Å². The lowest BCUT2D eigenvalue weighted by molar-refractivity contribution is 0.405. The van der Waals surface area contributed by atoms with Gasteiger partial charge in [0.05, 0.1) is 0 Å². The first-order valence-corrected chi connectivity index (χ1v) is 7.48. The van der Waals surface area contributed by atoms with E-state index in [9.17, 15) is 5.11 Å². The van der Waals surface area contributed by atoms with Gasteiger partial charge in [0.15, 0.2) is 0 Å². The Morgan fingerprint density at radius 1 is 0.895 bits per heavy atom. The lowest BCUT2D eigenvalue weighted by Crippen LogP contribution is -2.19. The molecular weight excluding hydrogens is 232 g/mol. The molecule has 1 aromatic rings. The molecule has 106 valence electrons. The van der Waals surface area contributed by atoms with E-state index >= 15 is 0 Å².